The molecule has 1 aliphatic heterocycles. The highest BCUT2D eigenvalue weighted by molar-refractivity contribution is 5.70. The molecule has 2 N–H and O–H groups in total. The second kappa shape index (κ2) is 5.46. The standard InChI is InChI=1S/C11H15N3O2/c15-11(14-7-9-3-1-6-13-9)16-10-4-2-5-12-8-10/h2,4-5,8-9,13H,1,3,6-7H2,(H,14,15). The Hall–Kier alpha value is -1.62. The lowest BCUT2D eigenvalue weighted by Gasteiger charge is -2.11. The van der Waals surface area contributed by atoms with Gasteiger partial charge in [0.2, 0.25) is 0 Å². The first kappa shape index (κ1) is 10.9. The van der Waals surface area contributed by atoms with Crippen LogP contribution in [-0.2, 0) is 0 Å². The maximum atomic E-state index is 11.4. The molecule has 1 aromatic rings. The fourth-order valence-electron chi connectivity index (χ4n) is 1.69. The van der Waals surface area contributed by atoms with Gasteiger partial charge in [-0.25, -0.2) is 4.79 Å². The third-order valence-electron chi connectivity index (χ3n) is 2.50. The van der Waals surface area contributed by atoms with Gasteiger partial charge in [0.1, 0.15) is 0 Å². The van der Waals surface area contributed by atoms with Crippen LogP contribution in [0.2, 0.25) is 0 Å². The lowest BCUT2D eigenvalue weighted by molar-refractivity contribution is 0.199. The molecule has 2 heterocycles. The van der Waals surface area contributed by atoms with Crippen LogP contribution in [0.5, 0.6) is 5.75 Å². The quantitative estimate of drug-likeness (QED) is 0.796. The Morgan fingerprint density at radius 1 is 1.69 bits per heavy atom. The number of hydrogen-bond donors (Lipinski definition) is 2. The van der Waals surface area contributed by atoms with E-state index in [1.165, 1.54) is 12.6 Å². The van der Waals surface area contributed by atoms with Crippen LogP contribution in [0, 0.1) is 0 Å². The third-order valence-corrected chi connectivity index (χ3v) is 2.50. The summed E-state index contributed by atoms with van der Waals surface area (Å²) in [5, 5.41) is 6.01. The van der Waals surface area contributed by atoms with Crippen molar-refractivity contribution in [3.8, 4) is 5.75 Å². The van der Waals surface area contributed by atoms with E-state index in [2.05, 4.69) is 15.6 Å². The second-order valence-electron chi connectivity index (χ2n) is 3.75. The summed E-state index contributed by atoms with van der Waals surface area (Å²) < 4.78 is 5.03. The van der Waals surface area contributed by atoms with Crippen molar-refractivity contribution in [3.63, 3.8) is 0 Å². The Bertz CT molecular complexity index is 336. The molecule has 1 amide bonds. The van der Waals surface area contributed by atoms with Crippen molar-refractivity contribution in [1.82, 2.24) is 15.6 Å². The molecule has 0 radical (unpaired) electrons. The van der Waals surface area contributed by atoms with Gasteiger partial charge in [-0.1, -0.05) is 0 Å². The Morgan fingerprint density at radius 2 is 2.62 bits per heavy atom. The molecular formula is C11H15N3O2. The molecule has 1 saturated heterocycles. The SMILES string of the molecule is O=C(NCC1CCCN1)Oc1cccnc1. The minimum absolute atomic E-state index is 0.376. The van der Waals surface area contributed by atoms with Gasteiger partial charge in [-0.3, -0.25) is 4.98 Å². The van der Waals surface area contributed by atoms with Crippen LogP contribution in [0.25, 0.3) is 0 Å². The van der Waals surface area contributed by atoms with Crippen LogP contribution >= 0.6 is 0 Å². The number of carbonyl (C=O) groups is 1. The number of ether oxygens (including phenoxy) is 1. The van der Waals surface area contributed by atoms with Gasteiger partial charge in [0.15, 0.2) is 5.75 Å². The van der Waals surface area contributed by atoms with Gasteiger partial charge in [0, 0.05) is 18.8 Å². The summed E-state index contributed by atoms with van der Waals surface area (Å²) in [6.07, 6.45) is 4.99. The number of carbonyl (C=O) groups excluding carboxylic acids is 1. The molecular weight excluding hydrogens is 206 g/mol. The van der Waals surface area contributed by atoms with E-state index >= 15 is 0 Å². The molecule has 1 unspecified atom stereocenters. The van der Waals surface area contributed by atoms with Crippen LogP contribution in [0.3, 0.4) is 0 Å². The van der Waals surface area contributed by atoms with Gasteiger partial charge >= 0.3 is 6.09 Å². The van der Waals surface area contributed by atoms with E-state index in [0.717, 1.165) is 13.0 Å². The monoisotopic (exact) mass is 221 g/mol. The van der Waals surface area contributed by atoms with Crippen molar-refractivity contribution in [3.05, 3.63) is 24.5 Å². The number of amides is 1. The van der Waals surface area contributed by atoms with E-state index in [1.54, 1.807) is 18.3 Å². The summed E-state index contributed by atoms with van der Waals surface area (Å²) >= 11 is 0. The summed E-state index contributed by atoms with van der Waals surface area (Å²) in [6, 6.07) is 3.79. The van der Waals surface area contributed by atoms with Gasteiger partial charge in [0.05, 0.1) is 6.20 Å². The molecule has 5 nitrogen and oxygen atoms in total. The van der Waals surface area contributed by atoms with Crippen LogP contribution in [0.15, 0.2) is 24.5 Å². The van der Waals surface area contributed by atoms with E-state index in [-0.39, 0.29) is 0 Å². The van der Waals surface area contributed by atoms with Crippen LogP contribution in [-0.4, -0.2) is 30.2 Å². The predicted octanol–water partition coefficient (Wildman–Crippen LogP) is 0.922. The normalized spacial score (nSPS) is 19.4. The average molecular weight is 221 g/mol. The van der Waals surface area contributed by atoms with Crippen molar-refractivity contribution in [1.29, 1.82) is 0 Å². The molecule has 1 atom stereocenters. The molecule has 0 aromatic carbocycles. The fourth-order valence-corrected chi connectivity index (χ4v) is 1.69. The predicted molar refractivity (Wildman–Crippen MR) is 59.3 cm³/mol. The minimum atomic E-state index is -0.429. The first-order valence-corrected chi connectivity index (χ1v) is 5.44. The van der Waals surface area contributed by atoms with Crippen LogP contribution in [0.1, 0.15) is 12.8 Å². The molecule has 1 aliphatic rings. The molecule has 1 fully saturated rings. The maximum Gasteiger partial charge on any atom is 0.412 e. The summed E-state index contributed by atoms with van der Waals surface area (Å²) in [7, 11) is 0. The maximum absolute atomic E-state index is 11.4. The topological polar surface area (TPSA) is 63.2 Å². The zero-order valence-electron chi connectivity index (χ0n) is 8.98. The van der Waals surface area contributed by atoms with Crippen molar-refractivity contribution in [2.45, 2.75) is 18.9 Å². The Balaban J connectivity index is 1.72. The van der Waals surface area contributed by atoms with Gasteiger partial charge in [0.25, 0.3) is 0 Å². The molecule has 16 heavy (non-hydrogen) atoms. The zero-order chi connectivity index (χ0) is 11.2. The molecule has 5 heteroatoms. The Labute approximate surface area is 94.2 Å². The number of nitrogens with zero attached hydrogens (tertiary/aromatic N) is 1. The first-order valence-electron chi connectivity index (χ1n) is 5.44. The van der Waals surface area contributed by atoms with Gasteiger partial charge in [-0.15, -0.1) is 0 Å². The number of hydrogen-bond acceptors (Lipinski definition) is 4. The van der Waals surface area contributed by atoms with Crippen molar-refractivity contribution in [2.24, 2.45) is 0 Å². The van der Waals surface area contributed by atoms with E-state index in [1.807, 2.05) is 0 Å². The molecule has 0 bridgehead atoms. The van der Waals surface area contributed by atoms with Crippen molar-refractivity contribution in [2.75, 3.05) is 13.1 Å². The highest BCUT2D eigenvalue weighted by Gasteiger charge is 2.15. The van der Waals surface area contributed by atoms with E-state index in [0.29, 0.717) is 18.3 Å². The lowest BCUT2D eigenvalue weighted by atomic mass is 10.2. The summed E-state index contributed by atoms with van der Waals surface area (Å²) in [6.45, 7) is 1.64. The highest BCUT2D eigenvalue weighted by atomic mass is 16.6. The molecule has 0 saturated carbocycles. The molecule has 0 spiro atoms. The summed E-state index contributed by atoms with van der Waals surface area (Å²) in [4.78, 5) is 15.2. The van der Waals surface area contributed by atoms with Crippen molar-refractivity contribution < 1.29 is 9.53 Å². The number of rotatable bonds is 3. The molecule has 86 valence electrons. The van der Waals surface area contributed by atoms with E-state index < -0.39 is 6.09 Å². The summed E-state index contributed by atoms with van der Waals surface area (Å²) in [5.41, 5.74) is 0. The van der Waals surface area contributed by atoms with E-state index in [9.17, 15) is 4.79 Å². The van der Waals surface area contributed by atoms with Gasteiger partial charge in [-0.05, 0) is 31.5 Å². The van der Waals surface area contributed by atoms with E-state index in [4.69, 9.17) is 4.74 Å². The van der Waals surface area contributed by atoms with Gasteiger partial charge < -0.3 is 15.4 Å². The largest absolute Gasteiger partial charge is 0.412 e. The average Bonchev–Trinajstić information content (AvgIpc) is 2.81. The highest BCUT2D eigenvalue weighted by Crippen LogP contribution is 2.06. The molecule has 2 rings (SSSR count). The first-order chi connectivity index (χ1) is 7.84. The fraction of sp³-hybridized carbons (Fsp3) is 0.455. The number of pyridine rings is 1. The van der Waals surface area contributed by atoms with Crippen LogP contribution < -0.4 is 15.4 Å². The smallest absolute Gasteiger partial charge is 0.409 e. The number of aromatic nitrogens is 1. The second-order valence-corrected chi connectivity index (χ2v) is 3.75. The minimum Gasteiger partial charge on any atom is -0.409 e. The van der Waals surface area contributed by atoms with Gasteiger partial charge in [-0.2, -0.15) is 0 Å². The Kier molecular flexibility index (Phi) is 3.71. The molecule has 1 aromatic heterocycles. The van der Waals surface area contributed by atoms with Crippen LogP contribution in [0.4, 0.5) is 4.79 Å². The lowest BCUT2D eigenvalue weighted by Crippen LogP contribution is -2.38. The number of nitrogens with one attached hydrogen (secondary N) is 2. The van der Waals surface area contributed by atoms with Crippen molar-refractivity contribution >= 4 is 6.09 Å². The summed E-state index contributed by atoms with van der Waals surface area (Å²) in [5.74, 6) is 0.458. The Morgan fingerprint density at radius 3 is 3.31 bits per heavy atom. The third kappa shape index (κ3) is 3.20. The molecule has 0 aliphatic carbocycles. The zero-order valence-corrected chi connectivity index (χ0v) is 8.98.